The van der Waals surface area contributed by atoms with Gasteiger partial charge in [0.2, 0.25) is 0 Å². The Hall–Kier alpha value is -4.20. The fourth-order valence-electron chi connectivity index (χ4n) is 3.28. The van der Waals surface area contributed by atoms with Crippen molar-refractivity contribution >= 4 is 39.2 Å². The van der Waals surface area contributed by atoms with Crippen LogP contribution in [-0.4, -0.2) is 10.5 Å². The molecule has 0 aliphatic carbocycles. The van der Waals surface area contributed by atoms with Crippen molar-refractivity contribution in [3.8, 4) is 12.1 Å². The van der Waals surface area contributed by atoms with Crippen LogP contribution in [0.1, 0.15) is 16.7 Å². The molecule has 31 heavy (non-hydrogen) atoms. The van der Waals surface area contributed by atoms with E-state index in [9.17, 15) is 14.4 Å². The maximum absolute atomic E-state index is 13.2. The minimum atomic E-state index is -0.572. The number of carbonyl (C=O) groups excluding carboxylic acids is 1. The zero-order valence-electron chi connectivity index (χ0n) is 16.2. The second kappa shape index (κ2) is 8.66. The highest BCUT2D eigenvalue weighted by atomic mass is 32.1. The van der Waals surface area contributed by atoms with Crippen LogP contribution in [0, 0.1) is 28.5 Å². The van der Waals surface area contributed by atoms with Gasteiger partial charge in [0.1, 0.15) is 28.5 Å². The molecule has 1 N–H and O–H groups in total. The lowest BCUT2D eigenvalue weighted by Crippen LogP contribution is -2.13. The lowest BCUT2D eigenvalue weighted by atomic mass is 10.1. The highest BCUT2D eigenvalue weighted by molar-refractivity contribution is 7.14. The van der Waals surface area contributed by atoms with Crippen LogP contribution in [0.25, 0.3) is 17.0 Å². The van der Waals surface area contributed by atoms with Crippen LogP contribution in [0.5, 0.6) is 0 Å². The van der Waals surface area contributed by atoms with Crippen molar-refractivity contribution in [1.29, 1.82) is 10.5 Å². The highest BCUT2D eigenvalue weighted by Crippen LogP contribution is 2.26. The first kappa shape index (κ1) is 20.1. The van der Waals surface area contributed by atoms with Gasteiger partial charge in [-0.15, -0.1) is 11.3 Å². The van der Waals surface area contributed by atoms with Gasteiger partial charge in [-0.2, -0.15) is 10.5 Å². The number of amides is 1. The quantitative estimate of drug-likeness (QED) is 0.347. The molecule has 0 spiro atoms. The number of anilines is 1. The topological polar surface area (TPSA) is 81.6 Å². The number of para-hydroxylation sites is 1. The third-order valence-corrected chi connectivity index (χ3v) is 5.59. The van der Waals surface area contributed by atoms with Crippen molar-refractivity contribution in [2.45, 2.75) is 6.54 Å². The van der Waals surface area contributed by atoms with E-state index in [0.29, 0.717) is 17.1 Å². The standard InChI is InChI=1S/C24H15FN4OS/c25-20-7-5-16(6-8-20)14-29-15-19(21-3-1-2-4-22(21)29)11-18(13-27)23(30)28-24-17(12-26)9-10-31-24/h1-11,15H,14H2,(H,28,30)/b18-11+. The second-order valence-corrected chi connectivity index (χ2v) is 7.67. The SMILES string of the molecule is N#C/C(=C\c1cn(Cc2ccc(F)cc2)c2ccccc12)C(=O)Nc1sccc1C#N. The van der Waals surface area contributed by atoms with E-state index in [-0.39, 0.29) is 11.4 Å². The maximum Gasteiger partial charge on any atom is 0.266 e. The van der Waals surface area contributed by atoms with Gasteiger partial charge in [0.05, 0.1) is 5.56 Å². The van der Waals surface area contributed by atoms with Crippen LogP contribution in [0.2, 0.25) is 0 Å². The van der Waals surface area contributed by atoms with Gasteiger partial charge in [-0.25, -0.2) is 4.39 Å². The Morgan fingerprint density at radius 2 is 1.90 bits per heavy atom. The molecule has 4 rings (SSSR count). The smallest absolute Gasteiger partial charge is 0.266 e. The van der Waals surface area contributed by atoms with Crippen molar-refractivity contribution in [2.24, 2.45) is 0 Å². The minimum absolute atomic E-state index is 0.0676. The number of aromatic nitrogens is 1. The molecule has 4 aromatic rings. The van der Waals surface area contributed by atoms with Crippen LogP contribution >= 0.6 is 11.3 Å². The second-order valence-electron chi connectivity index (χ2n) is 6.76. The van der Waals surface area contributed by atoms with Gasteiger partial charge < -0.3 is 9.88 Å². The van der Waals surface area contributed by atoms with Gasteiger partial charge >= 0.3 is 0 Å². The van der Waals surface area contributed by atoms with Crippen molar-refractivity contribution in [3.05, 3.63) is 94.3 Å². The Balaban J connectivity index is 1.69. The molecule has 7 heteroatoms. The number of hydrogen-bond acceptors (Lipinski definition) is 4. The van der Waals surface area contributed by atoms with Crippen LogP contribution < -0.4 is 5.32 Å². The highest BCUT2D eigenvalue weighted by Gasteiger charge is 2.15. The molecular formula is C24H15FN4OS. The Kier molecular flexibility index (Phi) is 5.61. The van der Waals surface area contributed by atoms with Gasteiger partial charge in [0.15, 0.2) is 0 Å². The average Bonchev–Trinajstić information content (AvgIpc) is 3.38. The van der Waals surface area contributed by atoms with Crippen LogP contribution in [0.4, 0.5) is 9.39 Å². The van der Waals surface area contributed by atoms with Gasteiger partial charge in [-0.05, 0) is 41.3 Å². The number of rotatable bonds is 5. The number of nitrogens with zero attached hydrogens (tertiary/aromatic N) is 3. The zero-order chi connectivity index (χ0) is 21.8. The Morgan fingerprint density at radius 1 is 1.13 bits per heavy atom. The number of hydrogen-bond donors (Lipinski definition) is 1. The lowest BCUT2D eigenvalue weighted by Gasteiger charge is -2.05. The van der Waals surface area contributed by atoms with Crippen molar-refractivity contribution in [1.82, 2.24) is 4.57 Å². The third kappa shape index (κ3) is 4.23. The molecule has 0 atom stereocenters. The third-order valence-electron chi connectivity index (χ3n) is 4.76. The number of halogens is 1. The van der Waals surface area contributed by atoms with E-state index in [0.717, 1.165) is 22.0 Å². The Morgan fingerprint density at radius 3 is 2.65 bits per heavy atom. The number of benzene rings is 2. The molecule has 0 saturated heterocycles. The Labute approximate surface area is 181 Å². The number of fused-ring (bicyclic) bond motifs is 1. The number of nitrogens with one attached hydrogen (secondary N) is 1. The van der Waals surface area contributed by atoms with Gasteiger partial charge in [-0.3, -0.25) is 4.79 Å². The predicted molar refractivity (Wildman–Crippen MR) is 119 cm³/mol. The number of thiophene rings is 1. The van der Waals surface area contributed by atoms with E-state index in [2.05, 4.69) is 5.32 Å². The number of carbonyl (C=O) groups is 1. The molecule has 2 heterocycles. The van der Waals surface area contributed by atoms with Crippen LogP contribution in [0.15, 0.2) is 71.7 Å². The summed E-state index contributed by atoms with van der Waals surface area (Å²) in [5.74, 6) is -0.864. The minimum Gasteiger partial charge on any atom is -0.342 e. The first-order chi connectivity index (χ1) is 15.1. The van der Waals surface area contributed by atoms with Crippen molar-refractivity contribution in [2.75, 3.05) is 5.32 Å². The first-order valence-corrected chi connectivity index (χ1v) is 10.2. The summed E-state index contributed by atoms with van der Waals surface area (Å²) in [5.41, 5.74) is 2.86. The molecule has 5 nitrogen and oxygen atoms in total. The van der Waals surface area contributed by atoms with E-state index in [1.165, 1.54) is 23.5 Å². The molecule has 0 radical (unpaired) electrons. The fraction of sp³-hybridized carbons (Fsp3) is 0.0417. The molecule has 1 amide bonds. The summed E-state index contributed by atoms with van der Waals surface area (Å²) in [6, 6.07) is 19.5. The summed E-state index contributed by atoms with van der Waals surface area (Å²) in [5, 5.41) is 24.3. The predicted octanol–water partition coefficient (Wildman–Crippen LogP) is 5.31. The van der Waals surface area contributed by atoms with Gasteiger partial charge in [0.25, 0.3) is 5.91 Å². The van der Waals surface area contributed by atoms with E-state index in [1.54, 1.807) is 29.7 Å². The largest absolute Gasteiger partial charge is 0.342 e. The van der Waals surface area contributed by atoms with E-state index >= 15 is 0 Å². The summed E-state index contributed by atoms with van der Waals surface area (Å²) >= 11 is 1.22. The normalized spacial score (nSPS) is 11.1. The Bertz CT molecular complexity index is 1380. The fourth-order valence-corrected chi connectivity index (χ4v) is 4.01. The molecular weight excluding hydrogens is 411 g/mol. The molecule has 150 valence electrons. The summed E-state index contributed by atoms with van der Waals surface area (Å²) in [6.07, 6.45) is 3.41. The van der Waals surface area contributed by atoms with E-state index < -0.39 is 5.91 Å². The van der Waals surface area contributed by atoms with Gasteiger partial charge in [-0.1, -0.05) is 30.3 Å². The molecule has 2 aromatic heterocycles. The lowest BCUT2D eigenvalue weighted by molar-refractivity contribution is -0.112. The first-order valence-electron chi connectivity index (χ1n) is 9.32. The van der Waals surface area contributed by atoms with Crippen molar-refractivity contribution in [3.63, 3.8) is 0 Å². The zero-order valence-corrected chi connectivity index (χ0v) is 17.0. The summed E-state index contributed by atoms with van der Waals surface area (Å²) < 4.78 is 15.2. The summed E-state index contributed by atoms with van der Waals surface area (Å²) in [6.45, 7) is 0.517. The molecule has 2 aromatic carbocycles. The average molecular weight is 426 g/mol. The molecule has 0 fully saturated rings. The molecule has 0 unspecified atom stereocenters. The monoisotopic (exact) mass is 426 g/mol. The summed E-state index contributed by atoms with van der Waals surface area (Å²) in [4.78, 5) is 12.6. The van der Waals surface area contributed by atoms with Gasteiger partial charge in [0, 0.05) is 29.2 Å². The molecule has 0 aliphatic rings. The van der Waals surface area contributed by atoms with E-state index in [4.69, 9.17) is 5.26 Å². The summed E-state index contributed by atoms with van der Waals surface area (Å²) in [7, 11) is 0. The number of nitriles is 2. The van der Waals surface area contributed by atoms with Crippen LogP contribution in [0.3, 0.4) is 0 Å². The molecule has 0 bridgehead atoms. The van der Waals surface area contributed by atoms with Crippen molar-refractivity contribution < 1.29 is 9.18 Å². The molecule has 0 saturated carbocycles. The van der Waals surface area contributed by atoms with E-state index in [1.807, 2.05) is 47.2 Å². The maximum atomic E-state index is 13.2. The van der Waals surface area contributed by atoms with Crippen LogP contribution in [-0.2, 0) is 11.3 Å². The molecule has 0 aliphatic heterocycles.